The van der Waals surface area contributed by atoms with Gasteiger partial charge in [0.2, 0.25) is 0 Å². The van der Waals surface area contributed by atoms with E-state index in [1.54, 1.807) is 12.1 Å². The molecule has 0 aromatic heterocycles. The van der Waals surface area contributed by atoms with Crippen molar-refractivity contribution in [1.29, 1.82) is 0 Å². The third-order valence-corrected chi connectivity index (χ3v) is 2.96. The molecule has 0 radical (unpaired) electrons. The van der Waals surface area contributed by atoms with Gasteiger partial charge < -0.3 is 0 Å². The SMILES string of the molecule is Cc1cc(C)cc(C(=O)NSC(Cl)(Cl)Cl)c1. The van der Waals surface area contributed by atoms with Gasteiger partial charge in [0.25, 0.3) is 9.03 Å². The Balaban J connectivity index is 2.73. The molecule has 0 aliphatic carbocycles. The highest BCUT2D eigenvalue weighted by molar-refractivity contribution is 8.03. The van der Waals surface area contributed by atoms with Gasteiger partial charge in [-0.25, -0.2) is 0 Å². The van der Waals surface area contributed by atoms with Crippen molar-refractivity contribution in [3.05, 3.63) is 34.9 Å². The van der Waals surface area contributed by atoms with Crippen LogP contribution in [0, 0.1) is 13.8 Å². The minimum atomic E-state index is -1.55. The van der Waals surface area contributed by atoms with Crippen molar-refractivity contribution in [2.24, 2.45) is 0 Å². The molecule has 88 valence electrons. The molecule has 0 unspecified atom stereocenters. The molecule has 1 aromatic rings. The van der Waals surface area contributed by atoms with Crippen molar-refractivity contribution in [2.75, 3.05) is 0 Å². The van der Waals surface area contributed by atoms with Crippen LogP contribution in [0.1, 0.15) is 21.5 Å². The fraction of sp³-hybridized carbons (Fsp3) is 0.300. The van der Waals surface area contributed by atoms with E-state index in [-0.39, 0.29) is 5.91 Å². The summed E-state index contributed by atoms with van der Waals surface area (Å²) in [6.45, 7) is 3.84. The Morgan fingerprint density at radius 2 is 1.69 bits per heavy atom. The molecule has 0 spiro atoms. The fourth-order valence-corrected chi connectivity index (χ4v) is 1.94. The zero-order valence-electron chi connectivity index (χ0n) is 8.68. The van der Waals surface area contributed by atoms with E-state index in [4.69, 9.17) is 34.8 Å². The maximum absolute atomic E-state index is 11.7. The van der Waals surface area contributed by atoms with E-state index < -0.39 is 3.12 Å². The maximum Gasteiger partial charge on any atom is 0.261 e. The van der Waals surface area contributed by atoms with Crippen LogP contribution in [0.25, 0.3) is 0 Å². The van der Waals surface area contributed by atoms with E-state index in [0.717, 1.165) is 23.1 Å². The zero-order chi connectivity index (χ0) is 12.3. The number of carbonyl (C=O) groups is 1. The normalized spacial score (nSPS) is 11.3. The first-order valence-corrected chi connectivity index (χ1v) is 6.36. The number of benzene rings is 1. The zero-order valence-corrected chi connectivity index (χ0v) is 11.8. The van der Waals surface area contributed by atoms with E-state index in [1.807, 2.05) is 19.9 Å². The third-order valence-electron chi connectivity index (χ3n) is 1.74. The molecule has 1 rings (SSSR count). The summed E-state index contributed by atoms with van der Waals surface area (Å²) in [5, 5.41) is 0. The van der Waals surface area contributed by atoms with Crippen molar-refractivity contribution >= 4 is 52.7 Å². The summed E-state index contributed by atoms with van der Waals surface area (Å²) < 4.78 is 0.928. The molecule has 0 atom stereocenters. The number of amides is 1. The summed E-state index contributed by atoms with van der Waals surface area (Å²) in [6, 6.07) is 5.54. The van der Waals surface area contributed by atoms with Crippen LogP contribution >= 0.6 is 46.8 Å². The minimum Gasteiger partial charge on any atom is -0.292 e. The second-order valence-corrected chi connectivity index (χ2v) is 7.33. The summed E-state index contributed by atoms with van der Waals surface area (Å²) in [6.07, 6.45) is 0. The van der Waals surface area contributed by atoms with E-state index >= 15 is 0 Å². The van der Waals surface area contributed by atoms with Gasteiger partial charge in [-0.2, -0.15) is 0 Å². The molecule has 0 saturated heterocycles. The van der Waals surface area contributed by atoms with Crippen LogP contribution in [0.15, 0.2) is 18.2 Å². The number of alkyl halides is 3. The first-order valence-electron chi connectivity index (χ1n) is 4.41. The van der Waals surface area contributed by atoms with E-state index in [9.17, 15) is 4.79 Å². The number of aryl methyl sites for hydroxylation is 2. The molecule has 2 nitrogen and oxygen atoms in total. The Kier molecular flexibility index (Phi) is 4.80. The quantitative estimate of drug-likeness (QED) is 0.660. The predicted molar refractivity (Wildman–Crippen MR) is 71.3 cm³/mol. The Hall–Kier alpha value is -0.0900. The molecule has 0 heterocycles. The van der Waals surface area contributed by atoms with Gasteiger partial charge in [-0.05, 0) is 26.0 Å². The van der Waals surface area contributed by atoms with E-state index in [2.05, 4.69) is 4.72 Å². The van der Waals surface area contributed by atoms with Gasteiger partial charge in [-0.3, -0.25) is 9.52 Å². The number of halogens is 3. The van der Waals surface area contributed by atoms with Gasteiger partial charge >= 0.3 is 0 Å². The van der Waals surface area contributed by atoms with Gasteiger partial charge in [-0.15, -0.1) is 0 Å². The summed E-state index contributed by atoms with van der Waals surface area (Å²) in [5.41, 5.74) is 2.59. The van der Waals surface area contributed by atoms with Crippen molar-refractivity contribution in [3.8, 4) is 0 Å². The molecule has 1 N–H and O–H groups in total. The summed E-state index contributed by atoms with van der Waals surface area (Å²) >= 11 is 17.3. The van der Waals surface area contributed by atoms with Crippen LogP contribution in [0.2, 0.25) is 0 Å². The van der Waals surface area contributed by atoms with Crippen molar-refractivity contribution in [1.82, 2.24) is 4.72 Å². The highest BCUT2D eigenvalue weighted by atomic mass is 35.6. The Morgan fingerprint density at radius 1 is 1.19 bits per heavy atom. The summed E-state index contributed by atoms with van der Waals surface area (Å²) in [4.78, 5) is 11.7. The van der Waals surface area contributed by atoms with Crippen molar-refractivity contribution < 1.29 is 4.79 Å². The van der Waals surface area contributed by atoms with Crippen LogP contribution in [0.5, 0.6) is 0 Å². The number of rotatable bonds is 2. The molecule has 0 fully saturated rings. The molecular formula is C10H10Cl3NOS. The molecule has 0 saturated carbocycles. The average molecular weight is 299 g/mol. The maximum atomic E-state index is 11.7. The van der Waals surface area contributed by atoms with Crippen LogP contribution in [-0.4, -0.2) is 9.03 Å². The Morgan fingerprint density at radius 3 is 2.12 bits per heavy atom. The largest absolute Gasteiger partial charge is 0.292 e. The van der Waals surface area contributed by atoms with Gasteiger partial charge in [0.15, 0.2) is 0 Å². The number of nitrogens with one attached hydrogen (secondary N) is 1. The molecule has 6 heteroatoms. The van der Waals surface area contributed by atoms with Crippen LogP contribution < -0.4 is 4.72 Å². The van der Waals surface area contributed by atoms with Crippen LogP contribution in [0.3, 0.4) is 0 Å². The summed E-state index contributed by atoms with van der Waals surface area (Å²) in [7, 11) is 0. The Bertz CT molecular complexity index is 383. The molecule has 1 amide bonds. The van der Waals surface area contributed by atoms with Crippen molar-refractivity contribution in [3.63, 3.8) is 0 Å². The number of hydrogen-bond donors (Lipinski definition) is 1. The topological polar surface area (TPSA) is 29.1 Å². The van der Waals surface area contributed by atoms with Crippen LogP contribution in [-0.2, 0) is 0 Å². The van der Waals surface area contributed by atoms with Crippen molar-refractivity contribution in [2.45, 2.75) is 17.0 Å². The first kappa shape index (κ1) is 14.0. The number of hydrogen-bond acceptors (Lipinski definition) is 2. The second-order valence-electron chi connectivity index (χ2n) is 3.36. The van der Waals surface area contributed by atoms with E-state index in [1.165, 1.54) is 0 Å². The second kappa shape index (κ2) is 5.50. The lowest BCUT2D eigenvalue weighted by molar-refractivity contribution is 0.0984. The van der Waals surface area contributed by atoms with Gasteiger partial charge in [-0.1, -0.05) is 52.0 Å². The van der Waals surface area contributed by atoms with E-state index in [0.29, 0.717) is 5.56 Å². The van der Waals surface area contributed by atoms with Gasteiger partial charge in [0, 0.05) is 17.5 Å². The average Bonchev–Trinajstić information content (AvgIpc) is 2.11. The summed E-state index contributed by atoms with van der Waals surface area (Å²) in [5.74, 6) is -0.275. The minimum absolute atomic E-state index is 0.275. The smallest absolute Gasteiger partial charge is 0.261 e. The number of carbonyl (C=O) groups excluding carboxylic acids is 1. The molecular weight excluding hydrogens is 289 g/mol. The monoisotopic (exact) mass is 297 g/mol. The lowest BCUT2D eigenvalue weighted by Gasteiger charge is -2.11. The van der Waals surface area contributed by atoms with Crippen LogP contribution in [0.4, 0.5) is 0 Å². The van der Waals surface area contributed by atoms with Gasteiger partial charge in [0.05, 0.1) is 0 Å². The molecule has 0 aliphatic heterocycles. The molecule has 0 aliphatic rings. The van der Waals surface area contributed by atoms with Gasteiger partial charge in [0.1, 0.15) is 0 Å². The first-order chi connectivity index (χ1) is 7.28. The highest BCUT2D eigenvalue weighted by Crippen LogP contribution is 2.36. The molecule has 16 heavy (non-hydrogen) atoms. The third kappa shape index (κ3) is 4.83. The highest BCUT2D eigenvalue weighted by Gasteiger charge is 2.22. The lowest BCUT2D eigenvalue weighted by Crippen LogP contribution is -2.19. The predicted octanol–water partition coefficient (Wildman–Crippen LogP) is 4.01. The standard InChI is InChI=1S/C10H10Cl3NOS/c1-6-3-7(2)5-8(4-6)9(15)14-16-10(11,12)13/h3-5H,1-2H3,(H,14,15). The molecule has 0 bridgehead atoms. The Labute approximate surface area is 114 Å². The molecule has 1 aromatic carbocycles. The lowest BCUT2D eigenvalue weighted by atomic mass is 10.1. The fourth-order valence-electron chi connectivity index (χ4n) is 1.27.